The van der Waals surface area contributed by atoms with Crippen LogP contribution in [0.1, 0.15) is 31.6 Å². The Kier molecular flexibility index (Phi) is 8.99. The minimum absolute atomic E-state index is 0. The second kappa shape index (κ2) is 10.2. The summed E-state index contributed by atoms with van der Waals surface area (Å²) in [6.45, 7) is 6.15. The highest BCUT2D eigenvalue weighted by Gasteiger charge is 2.12. The smallest absolute Gasteiger partial charge is 0.191 e. The van der Waals surface area contributed by atoms with Gasteiger partial charge in [-0.15, -0.1) is 35.3 Å². The monoisotopic (exact) mass is 419 g/mol. The van der Waals surface area contributed by atoms with Crippen LogP contribution in [0, 0.1) is 5.92 Å². The van der Waals surface area contributed by atoms with Gasteiger partial charge >= 0.3 is 0 Å². The summed E-state index contributed by atoms with van der Waals surface area (Å²) in [5, 5.41) is 8.99. The quantitative estimate of drug-likeness (QED) is 0.318. The molecule has 1 atom stereocenters. The van der Waals surface area contributed by atoms with Crippen LogP contribution in [-0.4, -0.2) is 25.1 Å². The van der Waals surface area contributed by atoms with Gasteiger partial charge in [0.25, 0.3) is 0 Å². The molecule has 1 heterocycles. The van der Waals surface area contributed by atoms with Crippen molar-refractivity contribution in [2.75, 3.05) is 13.1 Å². The summed E-state index contributed by atoms with van der Waals surface area (Å²) in [5.74, 6) is 1.53. The number of guanidine groups is 1. The summed E-state index contributed by atoms with van der Waals surface area (Å²) in [7, 11) is 0. The van der Waals surface area contributed by atoms with Crippen molar-refractivity contribution >= 4 is 41.3 Å². The number of nitrogens with zero attached hydrogens (tertiary/aromatic N) is 1. The average Bonchev–Trinajstić information content (AvgIpc) is 3.09. The lowest BCUT2D eigenvalue weighted by Gasteiger charge is -2.17. The number of nitrogens with one attached hydrogen (secondary N) is 2. The Balaban J connectivity index is 0.00000220. The lowest BCUT2D eigenvalue weighted by atomic mass is 10.1. The lowest BCUT2D eigenvalue weighted by Crippen LogP contribution is -2.42. The van der Waals surface area contributed by atoms with Crippen molar-refractivity contribution in [3.63, 3.8) is 0 Å². The van der Waals surface area contributed by atoms with E-state index in [2.05, 4.69) is 54.1 Å². The maximum atomic E-state index is 4.73. The molecule has 2 N–H and O–H groups in total. The Morgan fingerprint density at radius 3 is 2.81 bits per heavy atom. The Labute approximate surface area is 149 Å². The van der Waals surface area contributed by atoms with Crippen LogP contribution in [0.5, 0.6) is 0 Å². The minimum Gasteiger partial charge on any atom is -0.357 e. The first-order valence-electron chi connectivity index (χ1n) is 7.50. The van der Waals surface area contributed by atoms with Gasteiger partial charge in [0.05, 0.1) is 0 Å². The number of rotatable bonds is 6. The van der Waals surface area contributed by atoms with Gasteiger partial charge in [0.2, 0.25) is 0 Å². The van der Waals surface area contributed by atoms with Gasteiger partial charge in [0.1, 0.15) is 0 Å². The molecule has 1 aromatic rings. The number of thiophene rings is 1. The van der Waals surface area contributed by atoms with Crippen LogP contribution in [0.25, 0.3) is 0 Å². The topological polar surface area (TPSA) is 36.4 Å². The van der Waals surface area contributed by atoms with Crippen molar-refractivity contribution in [1.82, 2.24) is 10.6 Å². The predicted molar refractivity (Wildman–Crippen MR) is 104 cm³/mol. The molecule has 0 saturated heterocycles. The zero-order valence-electron chi connectivity index (χ0n) is 12.8. The van der Waals surface area contributed by atoms with E-state index in [-0.39, 0.29) is 24.0 Å². The SMILES string of the molecule is CCNC(=NCC(C)Cc1cccs1)NC1CC=CC1.I. The molecule has 21 heavy (non-hydrogen) atoms. The molecule has 1 unspecified atom stereocenters. The van der Waals surface area contributed by atoms with Gasteiger partial charge in [-0.3, -0.25) is 4.99 Å². The number of hydrogen-bond donors (Lipinski definition) is 2. The molecule has 0 aromatic carbocycles. The van der Waals surface area contributed by atoms with Crippen molar-refractivity contribution in [2.45, 2.75) is 39.2 Å². The van der Waals surface area contributed by atoms with Crippen molar-refractivity contribution < 1.29 is 0 Å². The third kappa shape index (κ3) is 6.82. The maximum absolute atomic E-state index is 4.73. The first-order valence-corrected chi connectivity index (χ1v) is 8.38. The molecule has 0 amide bonds. The number of halogens is 1. The Morgan fingerprint density at radius 1 is 1.43 bits per heavy atom. The fraction of sp³-hybridized carbons (Fsp3) is 0.562. The molecule has 3 nitrogen and oxygen atoms in total. The summed E-state index contributed by atoms with van der Waals surface area (Å²) in [6.07, 6.45) is 7.80. The second-order valence-electron chi connectivity index (χ2n) is 5.39. The van der Waals surface area contributed by atoms with Crippen molar-refractivity contribution in [3.8, 4) is 0 Å². The van der Waals surface area contributed by atoms with Gasteiger partial charge in [-0.05, 0) is 43.6 Å². The molecule has 5 heteroatoms. The molecule has 0 aliphatic heterocycles. The molecule has 0 fully saturated rings. The summed E-state index contributed by atoms with van der Waals surface area (Å²) >= 11 is 1.83. The van der Waals surface area contributed by atoms with Crippen LogP contribution in [0.2, 0.25) is 0 Å². The highest BCUT2D eigenvalue weighted by atomic mass is 127. The normalized spacial score (nSPS) is 16.6. The first kappa shape index (κ1) is 18.5. The summed E-state index contributed by atoms with van der Waals surface area (Å²) in [6, 6.07) is 4.84. The van der Waals surface area contributed by atoms with Crippen LogP contribution in [0.3, 0.4) is 0 Å². The van der Waals surface area contributed by atoms with E-state index >= 15 is 0 Å². The van der Waals surface area contributed by atoms with E-state index in [9.17, 15) is 0 Å². The second-order valence-corrected chi connectivity index (χ2v) is 6.42. The van der Waals surface area contributed by atoms with Gasteiger partial charge in [-0.25, -0.2) is 0 Å². The molecule has 0 radical (unpaired) electrons. The molecule has 2 rings (SSSR count). The van der Waals surface area contributed by atoms with E-state index in [0.29, 0.717) is 12.0 Å². The number of aliphatic imine (C=N–C) groups is 1. The molecule has 1 aromatic heterocycles. The summed E-state index contributed by atoms with van der Waals surface area (Å²) in [5.41, 5.74) is 0. The van der Waals surface area contributed by atoms with Crippen LogP contribution in [0.4, 0.5) is 0 Å². The molecule has 0 saturated carbocycles. The highest BCUT2D eigenvalue weighted by molar-refractivity contribution is 14.0. The minimum atomic E-state index is 0. The van der Waals surface area contributed by atoms with Gasteiger partial charge in [-0.1, -0.05) is 25.1 Å². The maximum Gasteiger partial charge on any atom is 0.191 e. The third-order valence-corrected chi connectivity index (χ3v) is 4.28. The fourth-order valence-electron chi connectivity index (χ4n) is 2.33. The van der Waals surface area contributed by atoms with Gasteiger partial charge < -0.3 is 10.6 Å². The molecule has 0 spiro atoms. The Hall–Kier alpha value is -0.560. The van der Waals surface area contributed by atoms with Crippen molar-refractivity contribution in [2.24, 2.45) is 10.9 Å². The van der Waals surface area contributed by atoms with Gasteiger partial charge in [-0.2, -0.15) is 0 Å². The largest absolute Gasteiger partial charge is 0.357 e. The van der Waals surface area contributed by atoms with Gasteiger partial charge in [0, 0.05) is 24.0 Å². The van der Waals surface area contributed by atoms with Gasteiger partial charge in [0.15, 0.2) is 5.96 Å². The highest BCUT2D eigenvalue weighted by Crippen LogP contribution is 2.14. The van der Waals surface area contributed by atoms with Crippen LogP contribution >= 0.6 is 35.3 Å². The lowest BCUT2D eigenvalue weighted by molar-refractivity contribution is 0.585. The van der Waals surface area contributed by atoms with E-state index in [4.69, 9.17) is 4.99 Å². The Bertz CT molecular complexity index is 434. The van der Waals surface area contributed by atoms with E-state index in [0.717, 1.165) is 38.3 Å². The zero-order valence-corrected chi connectivity index (χ0v) is 16.0. The predicted octanol–water partition coefficient (Wildman–Crippen LogP) is 3.82. The van der Waals surface area contributed by atoms with E-state index in [1.54, 1.807) is 0 Å². The summed E-state index contributed by atoms with van der Waals surface area (Å²) in [4.78, 5) is 6.18. The number of hydrogen-bond acceptors (Lipinski definition) is 2. The molecule has 1 aliphatic carbocycles. The molecule has 0 bridgehead atoms. The van der Waals surface area contributed by atoms with Crippen molar-refractivity contribution in [3.05, 3.63) is 34.5 Å². The first-order chi connectivity index (χ1) is 9.78. The van der Waals surface area contributed by atoms with Crippen LogP contribution in [0.15, 0.2) is 34.7 Å². The van der Waals surface area contributed by atoms with E-state index in [1.807, 2.05) is 11.3 Å². The average molecular weight is 419 g/mol. The van der Waals surface area contributed by atoms with Crippen LogP contribution < -0.4 is 10.6 Å². The van der Waals surface area contributed by atoms with Crippen LogP contribution in [-0.2, 0) is 6.42 Å². The standard InChI is InChI=1S/C16H25N3S.HI/c1-3-17-16(19-14-7-4-5-8-14)18-12-13(2)11-15-9-6-10-20-15;/h4-6,9-10,13-14H,3,7-8,11-12H2,1-2H3,(H2,17,18,19);1H. The molecular weight excluding hydrogens is 393 g/mol. The molecule has 1 aliphatic rings. The molecular formula is C16H26IN3S. The summed E-state index contributed by atoms with van der Waals surface area (Å²) < 4.78 is 0. The van der Waals surface area contributed by atoms with E-state index < -0.39 is 0 Å². The third-order valence-electron chi connectivity index (χ3n) is 3.38. The Morgan fingerprint density at radius 2 is 2.19 bits per heavy atom. The van der Waals surface area contributed by atoms with E-state index in [1.165, 1.54) is 4.88 Å². The fourth-order valence-corrected chi connectivity index (χ4v) is 3.20. The zero-order chi connectivity index (χ0) is 14.2. The van der Waals surface area contributed by atoms with Crippen molar-refractivity contribution in [1.29, 1.82) is 0 Å². The molecule has 118 valence electrons.